The van der Waals surface area contributed by atoms with E-state index < -0.39 is 10.0 Å². The summed E-state index contributed by atoms with van der Waals surface area (Å²) in [5.74, 6) is -0.208. The van der Waals surface area contributed by atoms with Crippen LogP contribution in [0.4, 0.5) is 0 Å². The SMILES string of the molecule is CN(CC(=O)N1CCCCC1CN)S(=O)(=O)c1ccc(Cl)cc1. The number of benzene rings is 1. The molecular weight excluding hydrogens is 338 g/mol. The summed E-state index contributed by atoms with van der Waals surface area (Å²) in [7, 11) is -2.31. The molecule has 2 rings (SSSR count). The summed E-state index contributed by atoms with van der Waals surface area (Å²) in [6.45, 7) is 0.844. The molecule has 1 unspecified atom stereocenters. The predicted molar refractivity (Wildman–Crippen MR) is 89.7 cm³/mol. The molecule has 23 heavy (non-hydrogen) atoms. The van der Waals surface area contributed by atoms with Gasteiger partial charge in [-0.25, -0.2) is 8.42 Å². The Kier molecular flexibility index (Phi) is 6.02. The molecule has 8 heteroatoms. The highest BCUT2D eigenvalue weighted by atomic mass is 35.5. The molecule has 1 amide bonds. The average molecular weight is 360 g/mol. The molecule has 0 aliphatic carbocycles. The molecule has 1 atom stereocenters. The molecule has 0 bridgehead atoms. The number of sulfonamides is 1. The van der Waals surface area contributed by atoms with Gasteiger partial charge in [0.25, 0.3) is 0 Å². The lowest BCUT2D eigenvalue weighted by Crippen LogP contribution is -2.50. The standard InChI is InChI=1S/C15H22ClN3O3S/c1-18(23(21,22)14-7-5-12(16)6-8-14)11-15(20)19-9-3-2-4-13(19)10-17/h5-8,13H,2-4,9-11,17H2,1H3. The van der Waals surface area contributed by atoms with Crippen LogP contribution in [0.2, 0.25) is 5.02 Å². The van der Waals surface area contributed by atoms with Gasteiger partial charge in [-0.1, -0.05) is 11.6 Å². The first-order valence-electron chi connectivity index (χ1n) is 7.57. The van der Waals surface area contributed by atoms with E-state index in [2.05, 4.69) is 0 Å². The van der Waals surface area contributed by atoms with Gasteiger partial charge >= 0.3 is 0 Å². The van der Waals surface area contributed by atoms with Crippen LogP contribution in [0, 0.1) is 0 Å². The van der Waals surface area contributed by atoms with E-state index in [9.17, 15) is 13.2 Å². The van der Waals surface area contributed by atoms with Crippen molar-refractivity contribution in [2.24, 2.45) is 5.73 Å². The van der Waals surface area contributed by atoms with Gasteiger partial charge in [0, 0.05) is 31.2 Å². The van der Waals surface area contributed by atoms with Crippen LogP contribution in [0.25, 0.3) is 0 Å². The molecule has 0 radical (unpaired) electrons. The number of amides is 1. The Morgan fingerprint density at radius 3 is 2.61 bits per heavy atom. The maximum Gasteiger partial charge on any atom is 0.243 e. The number of rotatable bonds is 5. The molecule has 1 aliphatic rings. The summed E-state index contributed by atoms with van der Waals surface area (Å²) >= 11 is 5.78. The first-order chi connectivity index (χ1) is 10.9. The quantitative estimate of drug-likeness (QED) is 0.858. The third-order valence-corrected chi connectivity index (χ3v) is 6.17. The second-order valence-electron chi connectivity index (χ2n) is 5.69. The highest BCUT2D eigenvalue weighted by molar-refractivity contribution is 7.89. The molecule has 0 aromatic heterocycles. The summed E-state index contributed by atoms with van der Waals surface area (Å²) in [6, 6.07) is 5.89. The van der Waals surface area contributed by atoms with Crippen molar-refractivity contribution in [2.45, 2.75) is 30.2 Å². The van der Waals surface area contributed by atoms with Crippen LogP contribution in [-0.2, 0) is 14.8 Å². The first-order valence-corrected chi connectivity index (χ1v) is 9.39. The molecule has 0 saturated carbocycles. The topological polar surface area (TPSA) is 83.7 Å². The summed E-state index contributed by atoms with van der Waals surface area (Å²) in [6.07, 6.45) is 2.84. The zero-order chi connectivity index (χ0) is 17.0. The van der Waals surface area contributed by atoms with Gasteiger partial charge in [0.05, 0.1) is 11.4 Å². The van der Waals surface area contributed by atoms with E-state index in [0.29, 0.717) is 18.1 Å². The van der Waals surface area contributed by atoms with E-state index in [1.807, 2.05) is 0 Å². The monoisotopic (exact) mass is 359 g/mol. The van der Waals surface area contributed by atoms with Gasteiger partial charge in [0.1, 0.15) is 0 Å². The summed E-state index contributed by atoms with van der Waals surface area (Å²) < 4.78 is 26.1. The second-order valence-corrected chi connectivity index (χ2v) is 8.17. The minimum Gasteiger partial charge on any atom is -0.337 e. The molecular formula is C15H22ClN3O3S. The van der Waals surface area contributed by atoms with Crippen LogP contribution in [0.15, 0.2) is 29.2 Å². The highest BCUT2D eigenvalue weighted by Gasteiger charge is 2.29. The van der Waals surface area contributed by atoms with Crippen LogP contribution >= 0.6 is 11.6 Å². The fourth-order valence-corrected chi connectivity index (χ4v) is 3.97. The Hall–Kier alpha value is -1.15. The van der Waals surface area contributed by atoms with Crippen molar-refractivity contribution >= 4 is 27.5 Å². The molecule has 128 valence electrons. The smallest absolute Gasteiger partial charge is 0.243 e. The summed E-state index contributed by atoms with van der Waals surface area (Å²) in [5, 5.41) is 0.460. The number of nitrogens with zero attached hydrogens (tertiary/aromatic N) is 2. The van der Waals surface area contributed by atoms with E-state index in [0.717, 1.165) is 23.6 Å². The van der Waals surface area contributed by atoms with Crippen molar-refractivity contribution in [3.05, 3.63) is 29.3 Å². The number of likely N-dealkylation sites (N-methyl/N-ethyl adjacent to an activating group) is 1. The largest absolute Gasteiger partial charge is 0.337 e. The van der Waals surface area contributed by atoms with Crippen LogP contribution in [0.3, 0.4) is 0 Å². The number of halogens is 1. The zero-order valence-electron chi connectivity index (χ0n) is 13.1. The first kappa shape index (κ1) is 18.2. The fraction of sp³-hybridized carbons (Fsp3) is 0.533. The van der Waals surface area contributed by atoms with Gasteiger partial charge in [0.2, 0.25) is 15.9 Å². The van der Waals surface area contributed by atoms with Crippen molar-refractivity contribution < 1.29 is 13.2 Å². The third kappa shape index (κ3) is 4.23. The molecule has 0 spiro atoms. The normalized spacial score (nSPS) is 19.1. The molecule has 1 saturated heterocycles. The number of piperidine rings is 1. The summed E-state index contributed by atoms with van der Waals surface area (Å²) in [4.78, 5) is 14.3. The molecule has 6 nitrogen and oxygen atoms in total. The van der Waals surface area contributed by atoms with E-state index >= 15 is 0 Å². The summed E-state index contributed by atoms with van der Waals surface area (Å²) in [5.41, 5.74) is 5.72. The molecule has 1 aliphatic heterocycles. The van der Waals surface area contributed by atoms with Crippen molar-refractivity contribution in [2.75, 3.05) is 26.7 Å². The van der Waals surface area contributed by atoms with Gasteiger partial charge in [-0.15, -0.1) is 0 Å². The lowest BCUT2D eigenvalue weighted by atomic mass is 10.0. The maximum absolute atomic E-state index is 12.5. The van der Waals surface area contributed by atoms with Crippen LogP contribution in [0.5, 0.6) is 0 Å². The Morgan fingerprint density at radius 2 is 2.00 bits per heavy atom. The average Bonchev–Trinajstić information content (AvgIpc) is 2.55. The predicted octanol–water partition coefficient (Wildman–Crippen LogP) is 1.30. The minimum absolute atomic E-state index is 0.00267. The van der Waals surface area contributed by atoms with Gasteiger partial charge in [-0.2, -0.15) is 4.31 Å². The van der Waals surface area contributed by atoms with Crippen molar-refractivity contribution in [1.82, 2.24) is 9.21 Å². The van der Waals surface area contributed by atoms with Crippen LogP contribution < -0.4 is 5.73 Å². The van der Waals surface area contributed by atoms with E-state index in [4.69, 9.17) is 17.3 Å². The molecule has 1 aromatic rings. The van der Waals surface area contributed by atoms with Gasteiger partial charge in [0.15, 0.2) is 0 Å². The Balaban J connectivity index is 2.09. The third-order valence-electron chi connectivity index (χ3n) is 4.10. The lowest BCUT2D eigenvalue weighted by Gasteiger charge is -2.35. The molecule has 1 aromatic carbocycles. The number of likely N-dealkylation sites (tertiary alicyclic amines) is 1. The number of hydrogen-bond acceptors (Lipinski definition) is 4. The van der Waals surface area contributed by atoms with Crippen LogP contribution in [-0.4, -0.2) is 56.3 Å². The maximum atomic E-state index is 12.5. The van der Waals surface area contributed by atoms with Crippen LogP contribution in [0.1, 0.15) is 19.3 Å². The lowest BCUT2D eigenvalue weighted by molar-refractivity contribution is -0.134. The highest BCUT2D eigenvalue weighted by Crippen LogP contribution is 2.19. The Labute approximate surface area is 142 Å². The van der Waals surface area contributed by atoms with Crippen molar-refractivity contribution in [3.8, 4) is 0 Å². The Morgan fingerprint density at radius 1 is 1.35 bits per heavy atom. The van der Waals surface area contributed by atoms with Gasteiger partial charge in [-0.05, 0) is 43.5 Å². The van der Waals surface area contributed by atoms with Crippen molar-refractivity contribution in [1.29, 1.82) is 0 Å². The molecule has 1 heterocycles. The van der Waals surface area contributed by atoms with Crippen molar-refractivity contribution in [3.63, 3.8) is 0 Å². The number of hydrogen-bond donors (Lipinski definition) is 1. The molecule has 2 N–H and O–H groups in total. The number of nitrogens with two attached hydrogens (primary N) is 1. The van der Waals surface area contributed by atoms with Gasteiger partial charge in [-0.3, -0.25) is 4.79 Å². The fourth-order valence-electron chi connectivity index (χ4n) is 2.73. The van der Waals surface area contributed by atoms with E-state index in [1.165, 1.54) is 31.3 Å². The minimum atomic E-state index is -3.72. The van der Waals surface area contributed by atoms with E-state index in [-0.39, 0.29) is 23.4 Å². The zero-order valence-corrected chi connectivity index (χ0v) is 14.7. The molecule has 1 fully saturated rings. The number of carbonyl (C=O) groups excluding carboxylic acids is 1. The Bertz CT molecular complexity index is 648. The van der Waals surface area contributed by atoms with Gasteiger partial charge < -0.3 is 10.6 Å². The van der Waals surface area contributed by atoms with E-state index in [1.54, 1.807) is 4.90 Å². The number of carbonyl (C=O) groups is 1. The second kappa shape index (κ2) is 7.61.